The third-order valence-electron chi connectivity index (χ3n) is 2.81. The number of hydrogen-bond donors (Lipinski definition) is 3. The molecule has 4 N–H and O–H groups in total. The number of rotatable bonds is 6. The number of aliphatic hydroxyl groups excluding tert-OH is 1. The maximum atomic E-state index is 11.1. The van der Waals surface area contributed by atoms with Gasteiger partial charge in [-0.05, 0) is 31.5 Å². The summed E-state index contributed by atoms with van der Waals surface area (Å²) in [5.41, 5.74) is 5.48. The van der Waals surface area contributed by atoms with Gasteiger partial charge in [-0.15, -0.1) is 0 Å². The Balaban J connectivity index is 2.47. The predicted molar refractivity (Wildman–Crippen MR) is 74.9 cm³/mol. The van der Waals surface area contributed by atoms with Crippen molar-refractivity contribution in [2.24, 2.45) is 11.1 Å². The lowest BCUT2D eigenvalue weighted by molar-refractivity contribution is -0.125. The molecular weight excluding hydrogens is 296 g/mol. The second kappa shape index (κ2) is 6.31. The summed E-state index contributed by atoms with van der Waals surface area (Å²) in [6, 6.07) is 7.50. The van der Waals surface area contributed by atoms with Crippen molar-refractivity contribution in [2.75, 3.05) is 13.1 Å². The average Bonchev–Trinajstić information content (AvgIpc) is 2.28. The lowest BCUT2D eigenvalue weighted by atomic mass is 9.92. The molecule has 18 heavy (non-hydrogen) atoms. The van der Waals surface area contributed by atoms with E-state index in [0.29, 0.717) is 13.1 Å². The third kappa shape index (κ3) is 4.40. The highest BCUT2D eigenvalue weighted by molar-refractivity contribution is 9.10. The van der Waals surface area contributed by atoms with Crippen LogP contribution in [0.3, 0.4) is 0 Å². The van der Waals surface area contributed by atoms with E-state index in [1.165, 1.54) is 0 Å². The maximum Gasteiger partial charge on any atom is 0.224 e. The molecule has 1 aromatic rings. The molecule has 0 heterocycles. The van der Waals surface area contributed by atoms with Crippen LogP contribution in [0.15, 0.2) is 28.7 Å². The predicted octanol–water partition coefficient (Wildman–Crippen LogP) is 1.58. The first kappa shape index (κ1) is 15.1. The van der Waals surface area contributed by atoms with Crippen LogP contribution >= 0.6 is 15.9 Å². The largest absolute Gasteiger partial charge is 0.387 e. The van der Waals surface area contributed by atoms with Gasteiger partial charge in [0.1, 0.15) is 0 Å². The Hall–Kier alpha value is -0.910. The highest BCUT2D eigenvalue weighted by atomic mass is 79.9. The molecule has 1 rings (SSSR count). The summed E-state index contributed by atoms with van der Waals surface area (Å²) in [7, 11) is 0. The standard InChI is InChI=1S/C13H19BrN2O2/c1-13(2,12(15)18)8-16-7-11(17)9-4-3-5-10(14)6-9/h3-6,11,16-17H,7-8H2,1-2H3,(H2,15,18). The van der Waals surface area contributed by atoms with E-state index in [4.69, 9.17) is 5.73 Å². The molecule has 0 saturated heterocycles. The summed E-state index contributed by atoms with van der Waals surface area (Å²) in [6.45, 7) is 4.36. The minimum atomic E-state index is -0.614. The zero-order chi connectivity index (χ0) is 13.8. The van der Waals surface area contributed by atoms with Crippen molar-refractivity contribution in [3.8, 4) is 0 Å². The van der Waals surface area contributed by atoms with Crippen molar-refractivity contribution in [1.29, 1.82) is 0 Å². The highest BCUT2D eigenvalue weighted by Gasteiger charge is 2.24. The van der Waals surface area contributed by atoms with E-state index in [1.807, 2.05) is 24.3 Å². The number of carbonyl (C=O) groups is 1. The van der Waals surface area contributed by atoms with Crippen molar-refractivity contribution in [3.63, 3.8) is 0 Å². The molecule has 0 radical (unpaired) electrons. The number of amides is 1. The summed E-state index contributed by atoms with van der Waals surface area (Å²) < 4.78 is 0.927. The van der Waals surface area contributed by atoms with Crippen molar-refractivity contribution in [2.45, 2.75) is 20.0 Å². The number of aliphatic hydroxyl groups is 1. The average molecular weight is 315 g/mol. The van der Waals surface area contributed by atoms with Gasteiger partial charge in [0.15, 0.2) is 0 Å². The van der Waals surface area contributed by atoms with E-state index in [9.17, 15) is 9.90 Å². The lowest BCUT2D eigenvalue weighted by Crippen LogP contribution is -2.41. The lowest BCUT2D eigenvalue weighted by Gasteiger charge is -2.22. The normalized spacial score (nSPS) is 13.3. The number of hydrogen-bond acceptors (Lipinski definition) is 3. The molecule has 1 amide bonds. The number of carbonyl (C=O) groups excluding carboxylic acids is 1. The smallest absolute Gasteiger partial charge is 0.224 e. The molecule has 1 aromatic carbocycles. The molecule has 0 aliphatic rings. The summed E-state index contributed by atoms with van der Waals surface area (Å²) in [4.78, 5) is 11.1. The molecule has 1 unspecified atom stereocenters. The molecule has 1 atom stereocenters. The van der Waals surface area contributed by atoms with Crippen LogP contribution in [0, 0.1) is 5.41 Å². The van der Waals surface area contributed by atoms with Crippen LogP contribution in [0.5, 0.6) is 0 Å². The van der Waals surface area contributed by atoms with Gasteiger partial charge < -0.3 is 16.2 Å². The van der Waals surface area contributed by atoms with E-state index in [-0.39, 0.29) is 5.91 Å². The first-order chi connectivity index (χ1) is 8.33. The quantitative estimate of drug-likeness (QED) is 0.746. The Kier molecular flexibility index (Phi) is 5.31. The van der Waals surface area contributed by atoms with Gasteiger partial charge in [0.2, 0.25) is 5.91 Å². The molecule has 4 nitrogen and oxygen atoms in total. The molecule has 0 spiro atoms. The van der Waals surface area contributed by atoms with Gasteiger partial charge in [-0.25, -0.2) is 0 Å². The molecule has 0 saturated carbocycles. The molecule has 100 valence electrons. The minimum Gasteiger partial charge on any atom is -0.387 e. The van der Waals surface area contributed by atoms with Crippen LogP contribution in [0.2, 0.25) is 0 Å². The Morgan fingerprint density at radius 1 is 1.56 bits per heavy atom. The Labute approximate surface area is 116 Å². The zero-order valence-corrected chi connectivity index (χ0v) is 12.2. The maximum absolute atomic E-state index is 11.1. The van der Waals surface area contributed by atoms with Gasteiger partial charge in [0, 0.05) is 17.6 Å². The van der Waals surface area contributed by atoms with E-state index >= 15 is 0 Å². The highest BCUT2D eigenvalue weighted by Crippen LogP contribution is 2.18. The SMILES string of the molecule is CC(C)(CNCC(O)c1cccc(Br)c1)C(N)=O. The minimum absolute atomic E-state index is 0.355. The van der Waals surface area contributed by atoms with Crippen molar-refractivity contribution >= 4 is 21.8 Å². The van der Waals surface area contributed by atoms with Gasteiger partial charge in [0.25, 0.3) is 0 Å². The van der Waals surface area contributed by atoms with E-state index in [2.05, 4.69) is 21.2 Å². The molecule has 0 aromatic heterocycles. The third-order valence-corrected chi connectivity index (χ3v) is 3.30. The van der Waals surface area contributed by atoms with Crippen molar-refractivity contribution in [3.05, 3.63) is 34.3 Å². The summed E-state index contributed by atoms with van der Waals surface area (Å²) >= 11 is 3.36. The van der Waals surface area contributed by atoms with Crippen molar-refractivity contribution in [1.82, 2.24) is 5.32 Å². The second-order valence-corrected chi connectivity index (χ2v) is 5.87. The van der Waals surface area contributed by atoms with Crippen molar-refractivity contribution < 1.29 is 9.90 Å². The molecular formula is C13H19BrN2O2. The van der Waals surface area contributed by atoms with Gasteiger partial charge in [-0.3, -0.25) is 4.79 Å². The summed E-state index contributed by atoms with van der Waals surface area (Å²) in [6.07, 6.45) is -0.605. The Bertz CT molecular complexity index is 421. The number of halogens is 1. The topological polar surface area (TPSA) is 75.3 Å². The number of nitrogens with one attached hydrogen (secondary N) is 1. The number of nitrogens with two attached hydrogens (primary N) is 1. The van der Waals surface area contributed by atoms with E-state index in [1.54, 1.807) is 13.8 Å². The van der Waals surface area contributed by atoms with Gasteiger partial charge in [-0.1, -0.05) is 28.1 Å². The number of primary amides is 1. The summed E-state index contributed by atoms with van der Waals surface area (Å²) in [5.74, 6) is -0.355. The molecule has 5 heteroatoms. The molecule has 0 aliphatic carbocycles. The monoisotopic (exact) mass is 314 g/mol. The fourth-order valence-corrected chi connectivity index (χ4v) is 1.86. The van der Waals surface area contributed by atoms with E-state index < -0.39 is 11.5 Å². The first-order valence-electron chi connectivity index (χ1n) is 5.77. The first-order valence-corrected chi connectivity index (χ1v) is 6.56. The zero-order valence-electron chi connectivity index (χ0n) is 10.6. The number of benzene rings is 1. The second-order valence-electron chi connectivity index (χ2n) is 4.95. The van der Waals surface area contributed by atoms with Crippen LogP contribution in [-0.2, 0) is 4.79 Å². The van der Waals surface area contributed by atoms with Gasteiger partial charge in [-0.2, -0.15) is 0 Å². The molecule has 0 aliphatic heterocycles. The molecule has 0 fully saturated rings. The Morgan fingerprint density at radius 3 is 2.78 bits per heavy atom. The summed E-state index contributed by atoms with van der Waals surface area (Å²) in [5, 5.41) is 13.0. The Morgan fingerprint density at radius 2 is 2.22 bits per heavy atom. The van der Waals surface area contributed by atoms with Crippen LogP contribution < -0.4 is 11.1 Å². The fourth-order valence-electron chi connectivity index (χ4n) is 1.44. The van der Waals surface area contributed by atoms with Crippen LogP contribution in [0.1, 0.15) is 25.5 Å². The van der Waals surface area contributed by atoms with Gasteiger partial charge in [0.05, 0.1) is 11.5 Å². The van der Waals surface area contributed by atoms with Crippen LogP contribution in [0.4, 0.5) is 0 Å². The molecule has 0 bridgehead atoms. The van der Waals surface area contributed by atoms with Gasteiger partial charge >= 0.3 is 0 Å². The van der Waals surface area contributed by atoms with Crippen LogP contribution in [-0.4, -0.2) is 24.1 Å². The van der Waals surface area contributed by atoms with Crippen LogP contribution in [0.25, 0.3) is 0 Å². The fraction of sp³-hybridized carbons (Fsp3) is 0.462. The van der Waals surface area contributed by atoms with E-state index in [0.717, 1.165) is 10.0 Å².